The van der Waals surface area contributed by atoms with Gasteiger partial charge in [-0.05, 0) is 42.0 Å². The quantitative estimate of drug-likeness (QED) is 0.613. The summed E-state index contributed by atoms with van der Waals surface area (Å²) in [6.45, 7) is 0. The zero-order valence-electron chi connectivity index (χ0n) is 14.4. The summed E-state index contributed by atoms with van der Waals surface area (Å²) in [5, 5.41) is 3.33. The minimum Gasteiger partial charge on any atom is -0.369 e. The summed E-state index contributed by atoms with van der Waals surface area (Å²) in [5.41, 5.74) is 6.24. The fourth-order valence-electron chi connectivity index (χ4n) is 2.62. The van der Waals surface area contributed by atoms with E-state index >= 15 is 0 Å². The van der Waals surface area contributed by atoms with Gasteiger partial charge < -0.3 is 11.1 Å². The van der Waals surface area contributed by atoms with Crippen LogP contribution >= 0.6 is 11.6 Å². The number of nitrogens with one attached hydrogen (secondary N) is 1. The van der Waals surface area contributed by atoms with Crippen LogP contribution in [0.15, 0.2) is 60.7 Å². The van der Waals surface area contributed by atoms with Gasteiger partial charge in [-0.3, -0.25) is 4.79 Å². The molecular weight excluding hydrogens is 391 g/mol. The number of primary amides is 1. The molecule has 0 saturated carbocycles. The lowest BCUT2D eigenvalue weighted by Crippen LogP contribution is -2.13. The number of anilines is 2. The van der Waals surface area contributed by atoms with Gasteiger partial charge in [0.1, 0.15) is 5.69 Å². The fourth-order valence-corrected chi connectivity index (χ4v) is 2.81. The van der Waals surface area contributed by atoms with E-state index in [4.69, 9.17) is 17.3 Å². The molecule has 4 nitrogen and oxygen atoms in total. The standard InChI is InChI=1S/C20H15ClF3N3O/c21-14-3-1-2-13(9-14)17-10-16(11-18(27-17)20(22,23)24)26-15-6-4-12(5-7-15)8-19(25)28/h1-7,9-11H,8H2,(H2,25,28)(H,26,27). The molecule has 0 bridgehead atoms. The molecule has 0 unspecified atom stereocenters. The molecule has 0 aliphatic carbocycles. The van der Waals surface area contributed by atoms with Crippen LogP contribution in [0.5, 0.6) is 0 Å². The van der Waals surface area contributed by atoms with Gasteiger partial charge in [0.25, 0.3) is 0 Å². The van der Waals surface area contributed by atoms with Gasteiger partial charge in [-0.25, -0.2) is 4.98 Å². The number of amides is 1. The van der Waals surface area contributed by atoms with Gasteiger partial charge in [0.2, 0.25) is 5.91 Å². The van der Waals surface area contributed by atoms with Gasteiger partial charge >= 0.3 is 6.18 Å². The molecule has 0 spiro atoms. The molecule has 3 N–H and O–H groups in total. The number of halogens is 4. The van der Waals surface area contributed by atoms with Crippen LogP contribution in [0.1, 0.15) is 11.3 Å². The molecule has 1 heterocycles. The Labute approximate surface area is 164 Å². The van der Waals surface area contributed by atoms with Crippen molar-refractivity contribution in [2.45, 2.75) is 12.6 Å². The number of alkyl halides is 3. The highest BCUT2D eigenvalue weighted by Gasteiger charge is 2.33. The average Bonchev–Trinajstić information content (AvgIpc) is 2.62. The number of benzene rings is 2. The number of nitrogens with zero attached hydrogens (tertiary/aromatic N) is 1. The van der Waals surface area contributed by atoms with Gasteiger partial charge in [0.05, 0.1) is 12.1 Å². The van der Waals surface area contributed by atoms with Crippen LogP contribution in [0.3, 0.4) is 0 Å². The first-order valence-electron chi connectivity index (χ1n) is 8.20. The molecule has 0 aliphatic heterocycles. The summed E-state index contributed by atoms with van der Waals surface area (Å²) in [4.78, 5) is 14.7. The van der Waals surface area contributed by atoms with Crippen LogP contribution < -0.4 is 11.1 Å². The first-order chi connectivity index (χ1) is 13.2. The highest BCUT2D eigenvalue weighted by atomic mass is 35.5. The maximum absolute atomic E-state index is 13.3. The zero-order valence-corrected chi connectivity index (χ0v) is 15.2. The largest absolute Gasteiger partial charge is 0.433 e. The lowest BCUT2D eigenvalue weighted by Gasteiger charge is -2.13. The second kappa shape index (κ2) is 7.90. The lowest BCUT2D eigenvalue weighted by atomic mass is 10.1. The predicted molar refractivity (Wildman–Crippen MR) is 102 cm³/mol. The molecule has 3 rings (SSSR count). The van der Waals surface area contributed by atoms with Crippen molar-refractivity contribution in [3.05, 3.63) is 76.9 Å². The maximum Gasteiger partial charge on any atom is 0.433 e. The summed E-state index contributed by atoms with van der Waals surface area (Å²) in [6, 6.07) is 15.6. The Hall–Kier alpha value is -3.06. The van der Waals surface area contributed by atoms with Crippen molar-refractivity contribution in [1.29, 1.82) is 0 Å². The molecule has 3 aromatic rings. The van der Waals surface area contributed by atoms with Crippen molar-refractivity contribution < 1.29 is 18.0 Å². The average molecular weight is 406 g/mol. The maximum atomic E-state index is 13.3. The summed E-state index contributed by atoms with van der Waals surface area (Å²) in [5.74, 6) is -0.462. The Morgan fingerprint density at radius 2 is 1.75 bits per heavy atom. The van der Waals surface area contributed by atoms with Crippen molar-refractivity contribution in [2.24, 2.45) is 5.73 Å². The SMILES string of the molecule is NC(=O)Cc1ccc(Nc2cc(-c3cccc(Cl)c3)nc(C(F)(F)F)c2)cc1. The molecule has 0 fully saturated rings. The van der Waals surface area contributed by atoms with Gasteiger partial charge in [-0.15, -0.1) is 0 Å². The van der Waals surface area contributed by atoms with Crippen molar-refractivity contribution >= 4 is 28.9 Å². The highest BCUT2D eigenvalue weighted by molar-refractivity contribution is 6.30. The number of nitrogens with two attached hydrogens (primary N) is 1. The third-order valence-electron chi connectivity index (χ3n) is 3.86. The molecule has 0 radical (unpaired) electrons. The number of hydrogen-bond donors (Lipinski definition) is 2. The fraction of sp³-hybridized carbons (Fsp3) is 0.100. The number of carbonyl (C=O) groups excluding carboxylic acids is 1. The van der Waals surface area contributed by atoms with Gasteiger partial charge in [-0.2, -0.15) is 13.2 Å². The van der Waals surface area contributed by atoms with E-state index in [1.54, 1.807) is 48.5 Å². The van der Waals surface area contributed by atoms with E-state index in [1.807, 2.05) is 0 Å². The van der Waals surface area contributed by atoms with Crippen LogP contribution in [0, 0.1) is 0 Å². The van der Waals surface area contributed by atoms with E-state index < -0.39 is 17.8 Å². The minimum absolute atomic E-state index is 0.0900. The molecule has 0 saturated heterocycles. The summed E-state index contributed by atoms with van der Waals surface area (Å²) in [6.07, 6.45) is -4.51. The Kier molecular flexibility index (Phi) is 5.56. The van der Waals surface area contributed by atoms with Crippen molar-refractivity contribution in [3.63, 3.8) is 0 Å². The Morgan fingerprint density at radius 1 is 1.04 bits per heavy atom. The number of pyridine rings is 1. The predicted octanol–water partition coefficient (Wildman–Crippen LogP) is 5.19. The molecule has 1 aromatic heterocycles. The van der Waals surface area contributed by atoms with Crippen molar-refractivity contribution in [2.75, 3.05) is 5.32 Å². The zero-order chi connectivity index (χ0) is 20.3. The van der Waals surface area contributed by atoms with Crippen LogP contribution in [0.4, 0.5) is 24.5 Å². The minimum atomic E-state index is -4.60. The van der Waals surface area contributed by atoms with E-state index in [2.05, 4.69) is 10.3 Å². The Balaban J connectivity index is 1.96. The highest BCUT2D eigenvalue weighted by Crippen LogP contribution is 2.33. The summed E-state index contributed by atoms with van der Waals surface area (Å²) < 4.78 is 39.9. The Bertz CT molecular complexity index is 1000. The van der Waals surface area contributed by atoms with Crippen LogP contribution in [0.25, 0.3) is 11.3 Å². The monoisotopic (exact) mass is 405 g/mol. The van der Waals surface area contributed by atoms with E-state index in [0.29, 0.717) is 21.8 Å². The van der Waals surface area contributed by atoms with Crippen LogP contribution in [-0.2, 0) is 17.4 Å². The van der Waals surface area contributed by atoms with E-state index in [0.717, 1.165) is 6.07 Å². The second-order valence-corrected chi connectivity index (χ2v) is 6.54. The van der Waals surface area contributed by atoms with Crippen molar-refractivity contribution in [3.8, 4) is 11.3 Å². The van der Waals surface area contributed by atoms with E-state index in [9.17, 15) is 18.0 Å². The first kappa shape index (κ1) is 19.7. The molecule has 1 amide bonds. The Morgan fingerprint density at radius 3 is 2.36 bits per heavy atom. The molecule has 28 heavy (non-hydrogen) atoms. The van der Waals surface area contributed by atoms with Gasteiger partial charge in [-0.1, -0.05) is 35.9 Å². The van der Waals surface area contributed by atoms with Crippen molar-refractivity contribution in [1.82, 2.24) is 4.98 Å². The third kappa shape index (κ3) is 5.01. The summed E-state index contributed by atoms with van der Waals surface area (Å²) >= 11 is 5.95. The lowest BCUT2D eigenvalue weighted by molar-refractivity contribution is -0.141. The number of hydrogen-bond acceptors (Lipinski definition) is 3. The molecular formula is C20H15ClF3N3O. The van der Waals surface area contributed by atoms with Crippen LogP contribution in [-0.4, -0.2) is 10.9 Å². The first-order valence-corrected chi connectivity index (χ1v) is 8.58. The molecule has 8 heteroatoms. The molecule has 0 atom stereocenters. The molecule has 2 aromatic carbocycles. The summed E-state index contributed by atoms with van der Waals surface area (Å²) in [7, 11) is 0. The topological polar surface area (TPSA) is 68.0 Å². The number of rotatable bonds is 5. The normalized spacial score (nSPS) is 11.3. The third-order valence-corrected chi connectivity index (χ3v) is 4.09. The smallest absolute Gasteiger partial charge is 0.369 e. The van der Waals surface area contributed by atoms with E-state index in [1.165, 1.54) is 6.07 Å². The molecule has 144 valence electrons. The number of carbonyl (C=O) groups is 1. The molecule has 0 aliphatic rings. The van der Waals surface area contributed by atoms with Gasteiger partial charge in [0.15, 0.2) is 0 Å². The van der Waals surface area contributed by atoms with E-state index in [-0.39, 0.29) is 17.8 Å². The number of aromatic nitrogens is 1. The van der Waals surface area contributed by atoms with Crippen LogP contribution in [0.2, 0.25) is 5.02 Å². The van der Waals surface area contributed by atoms with Gasteiger partial charge in [0, 0.05) is 22.0 Å². The second-order valence-electron chi connectivity index (χ2n) is 6.10.